The van der Waals surface area contributed by atoms with Crippen molar-refractivity contribution >= 4 is 33.3 Å². The van der Waals surface area contributed by atoms with Crippen LogP contribution in [0.4, 0.5) is 0 Å². The van der Waals surface area contributed by atoms with Crippen LogP contribution in [0.5, 0.6) is 0 Å². The van der Waals surface area contributed by atoms with Crippen molar-refractivity contribution in [3.8, 4) is 0 Å². The molecule has 3 aromatic carbocycles. The van der Waals surface area contributed by atoms with Crippen LogP contribution in [0.3, 0.4) is 0 Å². The maximum atomic E-state index is 4.39. The second-order valence-electron chi connectivity index (χ2n) is 9.45. The van der Waals surface area contributed by atoms with Gasteiger partial charge in [-0.2, -0.15) is 0 Å². The molecule has 0 spiro atoms. The number of benzene rings is 3. The van der Waals surface area contributed by atoms with Crippen molar-refractivity contribution < 1.29 is 0 Å². The molecule has 0 saturated heterocycles. The summed E-state index contributed by atoms with van der Waals surface area (Å²) in [5, 5.41) is 5.12. The summed E-state index contributed by atoms with van der Waals surface area (Å²) >= 11 is 0. The smallest absolute Gasteiger partial charge is 0.0256 e. The largest absolute Gasteiger partial charge is 0.269 e. The monoisotopic (exact) mass is 447 g/mol. The summed E-state index contributed by atoms with van der Waals surface area (Å²) < 4.78 is 0. The van der Waals surface area contributed by atoms with Crippen LogP contribution in [0.25, 0.3) is 27.1 Å². The molecule has 0 aliphatic rings. The van der Waals surface area contributed by atoms with Crippen LogP contribution in [-0.4, -0.2) is 6.21 Å². The van der Waals surface area contributed by atoms with Gasteiger partial charge in [-0.25, -0.2) is 0 Å². The molecular weight excluding hydrogens is 410 g/mol. The van der Waals surface area contributed by atoms with Crippen molar-refractivity contribution in [3.63, 3.8) is 0 Å². The number of rotatable bonds is 9. The van der Waals surface area contributed by atoms with E-state index in [0.717, 1.165) is 36.0 Å². The fourth-order valence-electron chi connectivity index (χ4n) is 4.45. The summed E-state index contributed by atoms with van der Waals surface area (Å²) in [4.78, 5) is 4.39. The molecule has 0 N–H and O–H groups in total. The highest BCUT2D eigenvalue weighted by Crippen LogP contribution is 2.37. The topological polar surface area (TPSA) is 12.4 Å². The van der Waals surface area contributed by atoms with Gasteiger partial charge in [0.15, 0.2) is 0 Å². The van der Waals surface area contributed by atoms with Gasteiger partial charge in [0.1, 0.15) is 0 Å². The van der Waals surface area contributed by atoms with Crippen molar-refractivity contribution in [1.29, 1.82) is 0 Å². The van der Waals surface area contributed by atoms with E-state index < -0.39 is 0 Å². The fourth-order valence-corrected chi connectivity index (χ4v) is 4.45. The lowest BCUT2D eigenvalue weighted by Gasteiger charge is -2.17. The second-order valence-corrected chi connectivity index (χ2v) is 9.45. The van der Waals surface area contributed by atoms with Crippen LogP contribution in [-0.2, 0) is 12.8 Å². The van der Waals surface area contributed by atoms with Gasteiger partial charge in [0, 0.05) is 12.4 Å². The zero-order chi connectivity index (χ0) is 24.8. The number of aryl methyl sites for hydroxylation is 1. The molecule has 0 aliphatic heterocycles. The molecule has 0 aliphatic carbocycles. The summed E-state index contributed by atoms with van der Waals surface area (Å²) in [5.74, 6) is 0. The van der Waals surface area contributed by atoms with Crippen LogP contribution < -0.4 is 0 Å². The zero-order valence-corrected chi connectivity index (χ0v) is 21.5. The first-order chi connectivity index (χ1) is 16.2. The van der Waals surface area contributed by atoms with Gasteiger partial charge in [-0.15, -0.1) is 0 Å². The van der Waals surface area contributed by atoms with Crippen LogP contribution in [0.1, 0.15) is 56.4 Å². The first kappa shape index (κ1) is 25.2. The fraction of sp³-hybridized carbons (Fsp3) is 0.242. The highest BCUT2D eigenvalue weighted by atomic mass is 14.7. The van der Waals surface area contributed by atoms with Crippen molar-refractivity contribution in [3.05, 3.63) is 113 Å². The number of fused-ring (bicyclic) bond motifs is 2. The molecule has 0 fully saturated rings. The maximum absolute atomic E-state index is 4.39. The first-order valence-electron chi connectivity index (χ1n) is 12.0. The van der Waals surface area contributed by atoms with Crippen LogP contribution >= 0.6 is 0 Å². The molecule has 0 bridgehead atoms. The standard InChI is InChI=1S/C33H37N/c1-9-16-34-21-25(7)18-28-13-15-30-26(8)29-14-12-27(17-24(6)11-10-22(2)3)19-31(29)33(23(4)5)32(30)20-28/h10-16,19-21H,2,4,6,9,17-18H2,1,3,5,7-8H3/b11-10-,25-21+,34-16?. The van der Waals surface area contributed by atoms with Gasteiger partial charge >= 0.3 is 0 Å². The minimum Gasteiger partial charge on any atom is -0.269 e. The molecule has 3 rings (SSSR count). The highest BCUT2D eigenvalue weighted by Gasteiger charge is 2.14. The summed E-state index contributed by atoms with van der Waals surface area (Å²) in [7, 11) is 0. The van der Waals surface area contributed by atoms with E-state index in [-0.39, 0.29) is 0 Å². The summed E-state index contributed by atoms with van der Waals surface area (Å²) in [6.07, 6.45) is 10.6. The Morgan fingerprint density at radius 2 is 1.41 bits per heavy atom. The predicted octanol–water partition coefficient (Wildman–Crippen LogP) is 9.49. The Labute approximate surface area is 205 Å². The Kier molecular flexibility index (Phi) is 8.23. The maximum Gasteiger partial charge on any atom is 0.0256 e. The number of allylic oxidation sites excluding steroid dienone is 6. The van der Waals surface area contributed by atoms with E-state index in [1.165, 1.54) is 49.4 Å². The molecule has 0 unspecified atom stereocenters. The normalized spacial score (nSPS) is 12.3. The Morgan fingerprint density at radius 3 is 1.94 bits per heavy atom. The van der Waals surface area contributed by atoms with E-state index in [2.05, 4.69) is 94.9 Å². The van der Waals surface area contributed by atoms with Gasteiger partial charge in [-0.05, 0) is 96.3 Å². The average Bonchev–Trinajstić information content (AvgIpc) is 2.77. The Bertz CT molecular complexity index is 1360. The molecule has 3 aromatic rings. The van der Waals surface area contributed by atoms with E-state index in [0.29, 0.717) is 0 Å². The van der Waals surface area contributed by atoms with E-state index in [9.17, 15) is 0 Å². The molecule has 0 atom stereocenters. The van der Waals surface area contributed by atoms with E-state index in [1.54, 1.807) is 0 Å². The lowest BCUT2D eigenvalue weighted by molar-refractivity contribution is 1.13. The number of nitrogens with zero attached hydrogens (tertiary/aromatic N) is 1. The average molecular weight is 448 g/mol. The third-order valence-electron chi connectivity index (χ3n) is 6.04. The number of hydrogen-bond acceptors (Lipinski definition) is 1. The molecule has 1 nitrogen and oxygen atoms in total. The van der Waals surface area contributed by atoms with Crippen LogP contribution in [0.15, 0.2) is 96.2 Å². The van der Waals surface area contributed by atoms with Crippen LogP contribution in [0, 0.1) is 6.92 Å². The van der Waals surface area contributed by atoms with Crippen LogP contribution in [0.2, 0.25) is 0 Å². The van der Waals surface area contributed by atoms with E-state index in [1.807, 2.05) is 25.4 Å². The minimum atomic E-state index is 0.814. The first-order valence-corrected chi connectivity index (χ1v) is 12.0. The van der Waals surface area contributed by atoms with Gasteiger partial charge in [-0.3, -0.25) is 4.99 Å². The van der Waals surface area contributed by atoms with E-state index in [4.69, 9.17) is 0 Å². The molecule has 0 amide bonds. The molecule has 0 aromatic heterocycles. The lowest BCUT2D eigenvalue weighted by atomic mass is 9.87. The van der Waals surface area contributed by atoms with Crippen molar-refractivity contribution in [2.75, 3.05) is 0 Å². The van der Waals surface area contributed by atoms with Gasteiger partial charge < -0.3 is 0 Å². The predicted molar refractivity (Wildman–Crippen MR) is 154 cm³/mol. The third-order valence-corrected chi connectivity index (χ3v) is 6.04. The van der Waals surface area contributed by atoms with Gasteiger partial charge in [0.25, 0.3) is 0 Å². The van der Waals surface area contributed by atoms with E-state index >= 15 is 0 Å². The summed E-state index contributed by atoms with van der Waals surface area (Å²) in [5.41, 5.74) is 9.56. The third kappa shape index (κ3) is 5.91. The molecule has 174 valence electrons. The van der Waals surface area contributed by atoms with Crippen molar-refractivity contribution in [2.24, 2.45) is 4.99 Å². The zero-order valence-electron chi connectivity index (χ0n) is 21.5. The highest BCUT2D eigenvalue weighted by molar-refractivity contribution is 6.11. The molecule has 1 heteroatoms. The molecule has 0 saturated carbocycles. The Hall–Kier alpha value is -3.45. The van der Waals surface area contributed by atoms with Crippen molar-refractivity contribution in [2.45, 2.75) is 53.9 Å². The molecular formula is C33H37N. The number of hydrogen-bond donors (Lipinski definition) is 0. The molecule has 0 heterocycles. The molecule has 0 radical (unpaired) electrons. The summed E-state index contributed by atoms with van der Waals surface area (Å²) in [6.45, 7) is 23.1. The van der Waals surface area contributed by atoms with Gasteiger partial charge in [0.2, 0.25) is 0 Å². The summed E-state index contributed by atoms with van der Waals surface area (Å²) in [6, 6.07) is 13.7. The Morgan fingerprint density at radius 1 is 0.824 bits per heavy atom. The van der Waals surface area contributed by atoms with Gasteiger partial charge in [0.05, 0.1) is 0 Å². The Balaban J connectivity index is 2.13. The lowest BCUT2D eigenvalue weighted by Crippen LogP contribution is -1.95. The molecule has 34 heavy (non-hydrogen) atoms. The quantitative estimate of drug-likeness (QED) is 0.176. The van der Waals surface area contributed by atoms with Crippen molar-refractivity contribution in [1.82, 2.24) is 0 Å². The minimum absolute atomic E-state index is 0.814. The second kappa shape index (κ2) is 11.1. The SMILES string of the molecule is C=C(C)/C=C\C(=C)Cc1ccc2c(C)c3ccc(C/C(C)=C/N=CCC)cc3c(C(=C)C)c2c1. The van der Waals surface area contributed by atoms with Gasteiger partial charge in [-0.1, -0.05) is 91.9 Å². The number of aliphatic imine (C=N–C) groups is 1.